The van der Waals surface area contributed by atoms with Gasteiger partial charge in [0.25, 0.3) is 0 Å². The second-order valence-corrected chi connectivity index (χ2v) is 6.74. The lowest BCUT2D eigenvalue weighted by atomic mass is 9.98. The lowest BCUT2D eigenvalue weighted by Gasteiger charge is -2.22. The van der Waals surface area contributed by atoms with Crippen molar-refractivity contribution in [1.29, 1.82) is 0 Å². The zero-order valence-corrected chi connectivity index (χ0v) is 13.5. The van der Waals surface area contributed by atoms with E-state index in [1.54, 1.807) is 6.33 Å². The van der Waals surface area contributed by atoms with Crippen molar-refractivity contribution in [3.8, 4) is 11.3 Å². The number of nitrogens with two attached hydrogens (primary N) is 1. The standard InChI is InChI=1S/C19H24N4/c20-15-10-11-23(12-15)19-17-9-3-1-2-6-14-7-4-5-8-16(14)18(17)21-13-22-19/h4-5,7-8,13,15H,1-3,6,9-12,20H2/t15-/m0/s1. The van der Waals surface area contributed by atoms with E-state index in [1.807, 2.05) is 0 Å². The van der Waals surface area contributed by atoms with Crippen LogP contribution in [0.4, 0.5) is 5.82 Å². The predicted octanol–water partition coefficient (Wildman–Crippen LogP) is 2.95. The van der Waals surface area contributed by atoms with Crippen molar-refractivity contribution >= 4 is 5.82 Å². The minimum atomic E-state index is 0.268. The van der Waals surface area contributed by atoms with Crippen LogP contribution in [0.1, 0.15) is 36.8 Å². The summed E-state index contributed by atoms with van der Waals surface area (Å²) in [6, 6.07) is 8.99. The van der Waals surface area contributed by atoms with Gasteiger partial charge in [-0.15, -0.1) is 0 Å². The minimum Gasteiger partial charge on any atom is -0.355 e. The third-order valence-corrected chi connectivity index (χ3v) is 5.09. The molecule has 0 unspecified atom stereocenters. The van der Waals surface area contributed by atoms with Crippen LogP contribution in [0, 0.1) is 0 Å². The number of anilines is 1. The molecule has 1 aromatic carbocycles. The van der Waals surface area contributed by atoms with Gasteiger partial charge in [0.15, 0.2) is 0 Å². The van der Waals surface area contributed by atoms with Crippen LogP contribution < -0.4 is 10.6 Å². The molecule has 4 nitrogen and oxygen atoms in total. The first-order valence-electron chi connectivity index (χ1n) is 8.75. The third kappa shape index (κ3) is 2.83. The van der Waals surface area contributed by atoms with Crippen molar-refractivity contribution in [2.75, 3.05) is 18.0 Å². The fraction of sp³-hybridized carbons (Fsp3) is 0.474. The Morgan fingerprint density at radius 1 is 1.04 bits per heavy atom. The van der Waals surface area contributed by atoms with Crippen LogP contribution in [-0.4, -0.2) is 29.1 Å². The Labute approximate surface area is 137 Å². The Bertz CT molecular complexity index is 698. The summed E-state index contributed by atoms with van der Waals surface area (Å²) in [6.07, 6.45) is 8.71. The predicted molar refractivity (Wildman–Crippen MR) is 93.5 cm³/mol. The quantitative estimate of drug-likeness (QED) is 0.880. The summed E-state index contributed by atoms with van der Waals surface area (Å²) in [6.45, 7) is 1.91. The number of aromatic nitrogens is 2. The summed E-state index contributed by atoms with van der Waals surface area (Å²) < 4.78 is 0. The van der Waals surface area contributed by atoms with E-state index in [-0.39, 0.29) is 6.04 Å². The van der Waals surface area contributed by atoms with Crippen LogP contribution in [-0.2, 0) is 12.8 Å². The lowest BCUT2D eigenvalue weighted by Crippen LogP contribution is -2.28. The molecule has 0 saturated carbocycles. The molecule has 4 heteroatoms. The first-order valence-corrected chi connectivity index (χ1v) is 8.75. The molecule has 1 aliphatic carbocycles. The maximum atomic E-state index is 6.11. The van der Waals surface area contributed by atoms with E-state index in [0.717, 1.165) is 43.9 Å². The van der Waals surface area contributed by atoms with E-state index < -0.39 is 0 Å². The lowest BCUT2D eigenvalue weighted by molar-refractivity contribution is 0.680. The van der Waals surface area contributed by atoms with Crippen molar-refractivity contribution in [2.24, 2.45) is 5.73 Å². The minimum absolute atomic E-state index is 0.268. The van der Waals surface area contributed by atoms with Gasteiger partial charge in [-0.05, 0) is 37.7 Å². The summed E-state index contributed by atoms with van der Waals surface area (Å²) in [4.78, 5) is 11.7. The monoisotopic (exact) mass is 308 g/mol. The average molecular weight is 308 g/mol. The molecular weight excluding hydrogens is 284 g/mol. The Hall–Kier alpha value is -1.94. The second kappa shape index (κ2) is 6.28. The van der Waals surface area contributed by atoms with Gasteiger partial charge in [0.2, 0.25) is 0 Å². The molecule has 0 radical (unpaired) electrons. The number of benzene rings is 1. The van der Waals surface area contributed by atoms with E-state index in [0.29, 0.717) is 0 Å². The summed E-state index contributed by atoms with van der Waals surface area (Å²) in [5.74, 6) is 1.11. The van der Waals surface area contributed by atoms with E-state index in [9.17, 15) is 0 Å². The Morgan fingerprint density at radius 2 is 1.91 bits per heavy atom. The normalized spacial score (nSPS) is 21.1. The summed E-state index contributed by atoms with van der Waals surface area (Å²) in [5, 5.41) is 0. The summed E-state index contributed by atoms with van der Waals surface area (Å²) in [5.41, 5.74) is 11.3. The van der Waals surface area contributed by atoms with Crippen LogP contribution in [0.5, 0.6) is 0 Å². The average Bonchev–Trinajstić information content (AvgIpc) is 3.03. The SMILES string of the molecule is N[C@H]1CCN(c2ncnc3c2CCCCCc2ccccc2-3)C1. The van der Waals surface area contributed by atoms with Gasteiger partial charge >= 0.3 is 0 Å². The van der Waals surface area contributed by atoms with Gasteiger partial charge in [0.1, 0.15) is 12.1 Å². The topological polar surface area (TPSA) is 55.0 Å². The number of hydrogen-bond donors (Lipinski definition) is 1. The molecule has 2 aliphatic rings. The van der Waals surface area contributed by atoms with E-state index in [1.165, 1.54) is 36.0 Å². The van der Waals surface area contributed by atoms with Gasteiger partial charge in [-0.2, -0.15) is 0 Å². The first kappa shape index (κ1) is 14.6. The van der Waals surface area contributed by atoms with Crippen LogP contribution in [0.3, 0.4) is 0 Å². The molecule has 4 rings (SSSR count). The number of nitrogens with zero attached hydrogens (tertiary/aromatic N) is 3. The molecule has 0 bridgehead atoms. The molecule has 120 valence electrons. The Kier molecular flexibility index (Phi) is 4.00. The molecule has 1 fully saturated rings. The number of fused-ring (bicyclic) bond motifs is 3. The third-order valence-electron chi connectivity index (χ3n) is 5.09. The van der Waals surface area contributed by atoms with Crippen LogP contribution >= 0.6 is 0 Å². The Balaban J connectivity index is 1.84. The van der Waals surface area contributed by atoms with E-state index >= 15 is 0 Å². The highest BCUT2D eigenvalue weighted by Crippen LogP contribution is 2.34. The zero-order valence-electron chi connectivity index (χ0n) is 13.5. The van der Waals surface area contributed by atoms with Crippen LogP contribution in [0.25, 0.3) is 11.3 Å². The fourth-order valence-corrected chi connectivity index (χ4v) is 3.88. The van der Waals surface area contributed by atoms with Gasteiger partial charge in [0, 0.05) is 30.3 Å². The molecule has 2 heterocycles. The van der Waals surface area contributed by atoms with Crippen LogP contribution in [0.15, 0.2) is 30.6 Å². The van der Waals surface area contributed by atoms with Crippen molar-refractivity contribution < 1.29 is 0 Å². The van der Waals surface area contributed by atoms with E-state index in [2.05, 4.69) is 39.1 Å². The number of aryl methyl sites for hydroxylation is 1. The van der Waals surface area contributed by atoms with E-state index in [4.69, 9.17) is 5.73 Å². The number of hydrogen-bond acceptors (Lipinski definition) is 4. The number of rotatable bonds is 1. The maximum Gasteiger partial charge on any atom is 0.135 e. The first-order chi connectivity index (χ1) is 11.3. The molecule has 2 N–H and O–H groups in total. The largest absolute Gasteiger partial charge is 0.355 e. The van der Waals surface area contributed by atoms with Gasteiger partial charge in [-0.1, -0.05) is 30.7 Å². The molecule has 2 aromatic rings. The molecule has 0 amide bonds. The van der Waals surface area contributed by atoms with Gasteiger partial charge < -0.3 is 10.6 Å². The highest BCUT2D eigenvalue weighted by Gasteiger charge is 2.25. The Morgan fingerprint density at radius 3 is 2.78 bits per heavy atom. The molecule has 1 atom stereocenters. The molecule has 0 spiro atoms. The summed E-state index contributed by atoms with van der Waals surface area (Å²) in [7, 11) is 0. The van der Waals surface area contributed by atoms with Crippen LogP contribution in [0.2, 0.25) is 0 Å². The summed E-state index contributed by atoms with van der Waals surface area (Å²) >= 11 is 0. The molecular formula is C19H24N4. The maximum absolute atomic E-state index is 6.11. The van der Waals surface area contributed by atoms with Crippen molar-refractivity contribution in [3.63, 3.8) is 0 Å². The van der Waals surface area contributed by atoms with Gasteiger partial charge in [-0.25, -0.2) is 9.97 Å². The highest BCUT2D eigenvalue weighted by molar-refractivity contribution is 5.72. The molecule has 23 heavy (non-hydrogen) atoms. The van der Waals surface area contributed by atoms with Gasteiger partial charge in [-0.3, -0.25) is 0 Å². The smallest absolute Gasteiger partial charge is 0.135 e. The van der Waals surface area contributed by atoms with Crippen molar-refractivity contribution in [2.45, 2.75) is 44.6 Å². The zero-order chi connectivity index (χ0) is 15.6. The van der Waals surface area contributed by atoms with Crippen molar-refractivity contribution in [3.05, 3.63) is 41.7 Å². The highest BCUT2D eigenvalue weighted by atomic mass is 15.2. The second-order valence-electron chi connectivity index (χ2n) is 6.74. The van der Waals surface area contributed by atoms with Gasteiger partial charge in [0.05, 0.1) is 5.69 Å². The van der Waals surface area contributed by atoms with Crippen molar-refractivity contribution in [1.82, 2.24) is 9.97 Å². The molecule has 1 saturated heterocycles. The molecule has 1 aliphatic heterocycles. The fourth-order valence-electron chi connectivity index (χ4n) is 3.88. The molecule has 1 aromatic heterocycles.